The van der Waals surface area contributed by atoms with Gasteiger partial charge < -0.3 is 5.11 Å². The van der Waals surface area contributed by atoms with E-state index in [2.05, 4.69) is 47.6 Å². The highest BCUT2D eigenvalue weighted by Gasteiger charge is 2.54. The van der Waals surface area contributed by atoms with Crippen molar-refractivity contribution >= 4 is 11.8 Å². The summed E-state index contributed by atoms with van der Waals surface area (Å²) in [7, 11) is 0. The van der Waals surface area contributed by atoms with Gasteiger partial charge in [0.15, 0.2) is 0 Å². The monoisotopic (exact) mass is 264 g/mol. The van der Waals surface area contributed by atoms with Crippen LogP contribution in [0, 0.1) is 10.8 Å². The molecule has 0 atom stereocenters. The van der Waals surface area contributed by atoms with Crippen LogP contribution in [-0.4, -0.2) is 9.85 Å². The molecule has 0 saturated heterocycles. The summed E-state index contributed by atoms with van der Waals surface area (Å²) in [5, 5.41) is 9.66. The normalized spacial score (nSPS) is 18.8. The van der Waals surface area contributed by atoms with Crippen LogP contribution in [0.3, 0.4) is 0 Å². The van der Waals surface area contributed by atoms with Crippen molar-refractivity contribution in [1.29, 1.82) is 0 Å². The van der Waals surface area contributed by atoms with E-state index in [0.717, 1.165) is 6.42 Å². The van der Waals surface area contributed by atoms with Gasteiger partial charge in [0.05, 0.1) is 0 Å². The highest BCUT2D eigenvalue weighted by Crippen LogP contribution is 2.62. The topological polar surface area (TPSA) is 20.2 Å². The molecule has 0 bridgehead atoms. The first kappa shape index (κ1) is 13.8. The number of hydrogen-bond acceptors (Lipinski definition) is 2. The number of fused-ring (bicyclic) bond motifs is 1. The number of rotatable bonds is 0. The molecular weight excluding hydrogens is 240 g/mol. The van der Waals surface area contributed by atoms with Crippen LogP contribution in [0.15, 0.2) is 23.1 Å². The molecule has 2 rings (SSSR count). The van der Waals surface area contributed by atoms with Crippen molar-refractivity contribution in [1.82, 2.24) is 0 Å². The number of phenols is 1. The van der Waals surface area contributed by atoms with Gasteiger partial charge in [-0.05, 0) is 41.0 Å². The lowest BCUT2D eigenvalue weighted by atomic mass is 9.63. The van der Waals surface area contributed by atoms with Crippen molar-refractivity contribution in [3.05, 3.63) is 23.8 Å². The highest BCUT2D eigenvalue weighted by atomic mass is 32.2. The molecule has 0 fully saturated rings. The van der Waals surface area contributed by atoms with Crippen LogP contribution in [-0.2, 0) is 6.42 Å². The summed E-state index contributed by atoms with van der Waals surface area (Å²) in [4.78, 5) is 1.33. The first-order valence-corrected chi connectivity index (χ1v) is 7.39. The van der Waals surface area contributed by atoms with Gasteiger partial charge in [-0.25, -0.2) is 0 Å². The number of phenolic OH excluding ortho intramolecular Hbond substituents is 1. The summed E-state index contributed by atoms with van der Waals surface area (Å²) < 4.78 is 0.177. The average molecular weight is 264 g/mol. The van der Waals surface area contributed by atoms with Crippen molar-refractivity contribution in [2.24, 2.45) is 10.8 Å². The third-order valence-electron chi connectivity index (χ3n) is 4.19. The Balaban J connectivity index is 2.51. The van der Waals surface area contributed by atoms with Crippen LogP contribution in [0.2, 0.25) is 0 Å². The molecule has 1 aliphatic rings. The van der Waals surface area contributed by atoms with Gasteiger partial charge in [-0.2, -0.15) is 0 Å². The molecule has 2 heteroatoms. The Bertz CT molecular complexity index is 449. The fourth-order valence-electron chi connectivity index (χ4n) is 3.26. The van der Waals surface area contributed by atoms with Crippen LogP contribution < -0.4 is 0 Å². The molecule has 100 valence electrons. The molecule has 0 saturated carbocycles. The second-order valence-corrected chi connectivity index (χ2v) is 8.74. The standard InChI is InChI=1S/C16H24OS/c1-14(2,3)16(15(4,5)6)10-11-9-12(17)7-8-13(11)18-16/h7-9,17H,10H2,1-6H3. The molecule has 18 heavy (non-hydrogen) atoms. The van der Waals surface area contributed by atoms with Crippen LogP contribution in [0.25, 0.3) is 0 Å². The summed E-state index contributed by atoms with van der Waals surface area (Å²) in [5.41, 5.74) is 1.72. The van der Waals surface area contributed by atoms with Crippen LogP contribution in [0.1, 0.15) is 47.1 Å². The zero-order chi connectivity index (χ0) is 13.8. The molecule has 0 spiro atoms. The minimum absolute atomic E-state index is 0.177. The van der Waals surface area contributed by atoms with Crippen molar-refractivity contribution in [3.63, 3.8) is 0 Å². The first-order chi connectivity index (χ1) is 8.07. The van der Waals surface area contributed by atoms with E-state index < -0.39 is 0 Å². The van der Waals surface area contributed by atoms with E-state index in [4.69, 9.17) is 0 Å². The second kappa shape index (κ2) is 3.93. The quantitative estimate of drug-likeness (QED) is 0.721. The van der Waals surface area contributed by atoms with Gasteiger partial charge >= 0.3 is 0 Å². The lowest BCUT2D eigenvalue weighted by Crippen LogP contribution is -2.50. The smallest absolute Gasteiger partial charge is 0.115 e. The fraction of sp³-hybridized carbons (Fsp3) is 0.625. The summed E-state index contributed by atoms with van der Waals surface area (Å²) in [6.45, 7) is 14.0. The van der Waals surface area contributed by atoms with E-state index in [0.29, 0.717) is 5.75 Å². The molecule has 1 aromatic rings. The van der Waals surface area contributed by atoms with Crippen molar-refractivity contribution < 1.29 is 5.11 Å². The average Bonchev–Trinajstić information content (AvgIpc) is 2.55. The summed E-state index contributed by atoms with van der Waals surface area (Å²) in [6.07, 6.45) is 1.04. The maximum atomic E-state index is 9.66. The van der Waals surface area contributed by atoms with Crippen molar-refractivity contribution in [3.8, 4) is 5.75 Å². The SMILES string of the molecule is CC(C)(C)C1(C(C)(C)C)Cc2cc(O)ccc2S1. The lowest BCUT2D eigenvalue weighted by Gasteiger charge is -2.50. The van der Waals surface area contributed by atoms with E-state index >= 15 is 0 Å². The molecular formula is C16H24OS. The van der Waals surface area contributed by atoms with Gasteiger partial charge in [-0.3, -0.25) is 0 Å². The van der Waals surface area contributed by atoms with Crippen molar-refractivity contribution in [2.75, 3.05) is 0 Å². The minimum Gasteiger partial charge on any atom is -0.508 e. The van der Waals surface area contributed by atoms with Gasteiger partial charge in [0.1, 0.15) is 5.75 Å². The maximum absolute atomic E-state index is 9.66. The van der Waals surface area contributed by atoms with Gasteiger partial charge in [0.25, 0.3) is 0 Å². The Labute approximate surface area is 115 Å². The Kier molecular flexibility index (Phi) is 3.01. The maximum Gasteiger partial charge on any atom is 0.115 e. The Morgan fingerprint density at radius 1 is 1.06 bits per heavy atom. The van der Waals surface area contributed by atoms with E-state index in [1.165, 1.54) is 10.5 Å². The zero-order valence-corrected chi connectivity index (χ0v) is 13.1. The predicted molar refractivity (Wildman–Crippen MR) is 79.3 cm³/mol. The minimum atomic E-state index is 0.177. The molecule has 0 amide bonds. The summed E-state index contributed by atoms with van der Waals surface area (Å²) in [6, 6.07) is 5.80. The third-order valence-corrected chi connectivity index (χ3v) is 6.53. The number of thioether (sulfide) groups is 1. The largest absolute Gasteiger partial charge is 0.508 e. The van der Waals surface area contributed by atoms with E-state index in [9.17, 15) is 5.11 Å². The molecule has 0 unspecified atom stereocenters. The first-order valence-electron chi connectivity index (χ1n) is 6.58. The van der Waals surface area contributed by atoms with Gasteiger partial charge in [0.2, 0.25) is 0 Å². The third kappa shape index (κ3) is 1.95. The Morgan fingerprint density at radius 2 is 1.61 bits per heavy atom. The predicted octanol–water partition coefficient (Wildman–Crippen LogP) is 4.87. The highest BCUT2D eigenvalue weighted by molar-refractivity contribution is 8.01. The van der Waals surface area contributed by atoms with Gasteiger partial charge in [-0.1, -0.05) is 41.5 Å². The Hall–Kier alpha value is -0.630. The molecule has 1 aliphatic heterocycles. The van der Waals surface area contributed by atoms with Crippen LogP contribution in [0.5, 0.6) is 5.75 Å². The second-order valence-electron chi connectivity index (χ2n) is 7.40. The summed E-state index contributed by atoms with van der Waals surface area (Å²) >= 11 is 2.00. The number of benzene rings is 1. The molecule has 0 aliphatic carbocycles. The van der Waals surface area contributed by atoms with Gasteiger partial charge in [-0.15, -0.1) is 11.8 Å². The Morgan fingerprint density at radius 3 is 2.11 bits per heavy atom. The molecule has 0 aromatic heterocycles. The van der Waals surface area contributed by atoms with Crippen LogP contribution >= 0.6 is 11.8 Å². The zero-order valence-electron chi connectivity index (χ0n) is 12.3. The van der Waals surface area contributed by atoms with E-state index in [-0.39, 0.29) is 15.6 Å². The summed E-state index contributed by atoms with van der Waals surface area (Å²) in [5.74, 6) is 0.382. The molecule has 1 heterocycles. The van der Waals surface area contributed by atoms with Crippen molar-refractivity contribution in [2.45, 2.75) is 57.6 Å². The fourth-order valence-corrected chi connectivity index (χ4v) is 4.87. The molecule has 1 nitrogen and oxygen atoms in total. The number of hydrogen-bond donors (Lipinski definition) is 1. The number of aromatic hydroxyl groups is 1. The van der Waals surface area contributed by atoms with E-state index in [1.54, 1.807) is 6.07 Å². The molecule has 0 radical (unpaired) electrons. The molecule has 1 aromatic carbocycles. The van der Waals surface area contributed by atoms with Gasteiger partial charge in [0, 0.05) is 9.64 Å². The molecule has 1 N–H and O–H groups in total. The van der Waals surface area contributed by atoms with Crippen LogP contribution in [0.4, 0.5) is 0 Å². The van der Waals surface area contributed by atoms with E-state index in [1.807, 2.05) is 17.8 Å². The lowest BCUT2D eigenvalue weighted by molar-refractivity contribution is 0.144.